The zero-order chi connectivity index (χ0) is 22.1. The molecule has 0 aliphatic carbocycles. The van der Waals surface area contributed by atoms with Crippen molar-refractivity contribution in [2.75, 3.05) is 11.9 Å². The van der Waals surface area contributed by atoms with Gasteiger partial charge in [0.15, 0.2) is 5.78 Å². The summed E-state index contributed by atoms with van der Waals surface area (Å²) in [6.07, 6.45) is 1.03. The Morgan fingerprint density at radius 1 is 1.13 bits per heavy atom. The fraction of sp³-hybridized carbons (Fsp3) is 0.320. The van der Waals surface area contributed by atoms with E-state index in [0.717, 1.165) is 34.7 Å². The van der Waals surface area contributed by atoms with Crippen molar-refractivity contribution in [2.45, 2.75) is 46.5 Å². The summed E-state index contributed by atoms with van der Waals surface area (Å²) in [5.41, 5.74) is 5.28. The number of hydrogen-bond donors (Lipinski definition) is 1. The molecule has 2 heterocycles. The summed E-state index contributed by atoms with van der Waals surface area (Å²) in [7, 11) is 0. The van der Waals surface area contributed by atoms with Gasteiger partial charge in [0, 0.05) is 17.5 Å². The molecule has 1 aliphatic rings. The van der Waals surface area contributed by atoms with E-state index in [1.165, 1.54) is 5.56 Å². The van der Waals surface area contributed by atoms with Crippen molar-refractivity contribution < 1.29 is 14.3 Å². The number of ketones is 1. The number of amides is 1. The van der Waals surface area contributed by atoms with Gasteiger partial charge >= 0.3 is 0 Å². The number of carbonyl (C=O) groups is 2. The Kier molecular flexibility index (Phi) is 5.63. The lowest BCUT2D eigenvalue weighted by atomic mass is 9.85. The largest absolute Gasteiger partial charge is 0.494 e. The second-order valence-electron chi connectivity index (χ2n) is 8.07. The molecule has 2 aromatic carbocycles. The summed E-state index contributed by atoms with van der Waals surface area (Å²) in [5, 5.41) is 7.61. The molecule has 0 saturated carbocycles. The van der Waals surface area contributed by atoms with Crippen LogP contribution in [0.4, 0.5) is 5.82 Å². The second kappa shape index (κ2) is 8.38. The van der Waals surface area contributed by atoms with Crippen molar-refractivity contribution >= 4 is 17.5 Å². The van der Waals surface area contributed by atoms with Gasteiger partial charge in [0.1, 0.15) is 11.6 Å². The maximum Gasteiger partial charge on any atom is 0.226 e. The molecule has 0 saturated heterocycles. The van der Waals surface area contributed by atoms with Crippen LogP contribution in [0.15, 0.2) is 42.5 Å². The van der Waals surface area contributed by atoms with Crippen molar-refractivity contribution in [3.05, 3.63) is 70.4 Å². The number of nitrogens with zero attached hydrogens (tertiary/aromatic N) is 2. The van der Waals surface area contributed by atoms with E-state index in [0.29, 0.717) is 18.0 Å². The predicted octanol–water partition coefficient (Wildman–Crippen LogP) is 4.90. The summed E-state index contributed by atoms with van der Waals surface area (Å²) in [5.74, 6) is 0.489. The third kappa shape index (κ3) is 3.98. The number of ether oxygens (including phenoxy) is 1. The van der Waals surface area contributed by atoms with Gasteiger partial charge < -0.3 is 10.1 Å². The first-order valence-corrected chi connectivity index (χ1v) is 10.6. The summed E-state index contributed by atoms with van der Waals surface area (Å²) in [4.78, 5) is 25.9. The molecule has 160 valence electrons. The van der Waals surface area contributed by atoms with Crippen LogP contribution in [-0.2, 0) is 4.79 Å². The summed E-state index contributed by atoms with van der Waals surface area (Å²) >= 11 is 0. The zero-order valence-electron chi connectivity index (χ0n) is 18.4. The Morgan fingerprint density at radius 3 is 2.55 bits per heavy atom. The van der Waals surface area contributed by atoms with Crippen molar-refractivity contribution in [1.29, 1.82) is 0 Å². The predicted molar refractivity (Wildman–Crippen MR) is 120 cm³/mol. The second-order valence-corrected chi connectivity index (χ2v) is 8.07. The van der Waals surface area contributed by atoms with Gasteiger partial charge in [0.25, 0.3) is 0 Å². The fourth-order valence-corrected chi connectivity index (χ4v) is 3.95. The normalized spacial score (nSPS) is 15.4. The van der Waals surface area contributed by atoms with E-state index < -0.39 is 5.92 Å². The minimum atomic E-state index is -0.563. The molecule has 1 aliphatic heterocycles. The number of hydrogen-bond acceptors (Lipinski definition) is 4. The molecule has 1 amide bonds. The quantitative estimate of drug-likeness (QED) is 0.579. The molecule has 1 aromatic heterocycles. The van der Waals surface area contributed by atoms with Crippen LogP contribution in [0.5, 0.6) is 5.75 Å². The first-order chi connectivity index (χ1) is 14.9. The lowest BCUT2D eigenvalue weighted by Gasteiger charge is -2.23. The van der Waals surface area contributed by atoms with E-state index in [1.807, 2.05) is 39.0 Å². The maximum atomic E-state index is 13.4. The maximum absolute atomic E-state index is 13.4. The van der Waals surface area contributed by atoms with E-state index in [9.17, 15) is 9.59 Å². The molecule has 0 unspecified atom stereocenters. The van der Waals surface area contributed by atoms with Crippen LogP contribution in [0.2, 0.25) is 0 Å². The number of rotatable bonds is 6. The lowest BCUT2D eigenvalue weighted by molar-refractivity contribution is -0.116. The molecule has 6 heteroatoms. The molecule has 0 fully saturated rings. The molecule has 0 bridgehead atoms. The zero-order valence-corrected chi connectivity index (χ0v) is 18.4. The Labute approximate surface area is 182 Å². The van der Waals surface area contributed by atoms with E-state index in [4.69, 9.17) is 4.74 Å². The van der Waals surface area contributed by atoms with Crippen LogP contribution in [0.25, 0.3) is 5.69 Å². The first-order valence-electron chi connectivity index (χ1n) is 10.6. The topological polar surface area (TPSA) is 73.2 Å². The van der Waals surface area contributed by atoms with E-state index in [1.54, 1.807) is 28.9 Å². The molecule has 0 radical (unpaired) electrons. The van der Waals surface area contributed by atoms with Gasteiger partial charge in [-0.15, -0.1) is 0 Å². The van der Waals surface area contributed by atoms with E-state index in [2.05, 4.69) is 17.3 Å². The van der Waals surface area contributed by atoms with E-state index in [-0.39, 0.29) is 18.1 Å². The lowest BCUT2D eigenvalue weighted by Crippen LogP contribution is -2.28. The molecule has 6 nitrogen and oxygen atoms in total. The van der Waals surface area contributed by atoms with Crippen LogP contribution in [0.3, 0.4) is 0 Å². The highest BCUT2D eigenvalue weighted by Crippen LogP contribution is 2.38. The van der Waals surface area contributed by atoms with Crippen LogP contribution < -0.4 is 10.1 Å². The smallest absolute Gasteiger partial charge is 0.226 e. The summed E-state index contributed by atoms with van der Waals surface area (Å²) in [6.45, 7) is 8.66. The molecule has 3 aromatic rings. The number of fused-ring (bicyclic) bond motifs is 1. The molecule has 31 heavy (non-hydrogen) atoms. The molecule has 1 atom stereocenters. The van der Waals surface area contributed by atoms with Gasteiger partial charge in [-0.05, 0) is 74.7 Å². The van der Waals surface area contributed by atoms with Crippen molar-refractivity contribution in [3.63, 3.8) is 0 Å². The number of aromatic nitrogens is 2. The third-order valence-corrected chi connectivity index (χ3v) is 5.77. The van der Waals surface area contributed by atoms with Crippen LogP contribution in [0, 0.1) is 20.8 Å². The molecule has 1 N–H and O–H groups in total. The van der Waals surface area contributed by atoms with Crippen molar-refractivity contribution in [2.24, 2.45) is 0 Å². The van der Waals surface area contributed by atoms with Crippen LogP contribution in [-0.4, -0.2) is 28.1 Å². The van der Waals surface area contributed by atoms with Gasteiger partial charge in [0.2, 0.25) is 5.91 Å². The molecular formula is C25H27N3O3. The van der Waals surface area contributed by atoms with Gasteiger partial charge in [0.05, 0.1) is 23.9 Å². The molecule has 4 rings (SSSR count). The Bertz CT molecular complexity index is 1150. The third-order valence-electron chi connectivity index (χ3n) is 5.77. The Hall–Kier alpha value is -3.41. The number of aryl methyl sites for hydroxylation is 3. The first kappa shape index (κ1) is 20.8. The van der Waals surface area contributed by atoms with Gasteiger partial charge in [-0.25, -0.2) is 4.68 Å². The van der Waals surface area contributed by atoms with Gasteiger partial charge in [-0.1, -0.05) is 13.0 Å². The molecular weight excluding hydrogens is 390 g/mol. The number of anilines is 1. The van der Waals surface area contributed by atoms with Crippen LogP contribution in [0.1, 0.15) is 58.4 Å². The number of nitrogens with one attached hydrogen (secondary N) is 1. The monoisotopic (exact) mass is 417 g/mol. The molecule has 0 spiro atoms. The standard InChI is InChI=1S/C25H27N3O3/c1-5-12-31-20-10-7-18(8-11-20)24(30)21-14-22(29)26-25-23(21)17(4)27-28(25)19-9-6-15(2)16(3)13-19/h6-11,13,21H,5,12,14H2,1-4H3,(H,26,29)/t21-/m0/s1. The minimum Gasteiger partial charge on any atom is -0.494 e. The highest BCUT2D eigenvalue weighted by atomic mass is 16.5. The van der Waals surface area contributed by atoms with Crippen molar-refractivity contribution in [1.82, 2.24) is 9.78 Å². The van der Waals surface area contributed by atoms with Crippen LogP contribution >= 0.6 is 0 Å². The van der Waals surface area contributed by atoms with E-state index >= 15 is 0 Å². The number of Topliss-reactive ketones (excluding diaryl/α,β-unsaturated/α-hetero) is 1. The average molecular weight is 418 g/mol. The van der Waals surface area contributed by atoms with Crippen molar-refractivity contribution in [3.8, 4) is 11.4 Å². The summed E-state index contributed by atoms with van der Waals surface area (Å²) < 4.78 is 7.34. The number of carbonyl (C=O) groups excluding carboxylic acids is 2. The average Bonchev–Trinajstić information content (AvgIpc) is 3.09. The Morgan fingerprint density at radius 2 is 1.87 bits per heavy atom. The highest BCUT2D eigenvalue weighted by molar-refractivity contribution is 6.08. The SMILES string of the molecule is CCCOc1ccc(C(=O)[C@H]2CC(=O)Nc3c2c(C)nn3-c2ccc(C)c(C)c2)cc1. The number of benzene rings is 2. The van der Waals surface area contributed by atoms with Gasteiger partial charge in [-0.2, -0.15) is 5.10 Å². The van der Waals surface area contributed by atoms with Gasteiger partial charge in [-0.3, -0.25) is 9.59 Å². The summed E-state index contributed by atoms with van der Waals surface area (Å²) in [6, 6.07) is 13.2. The Balaban J connectivity index is 1.70. The highest BCUT2D eigenvalue weighted by Gasteiger charge is 2.36. The minimum absolute atomic E-state index is 0.0825. The fourth-order valence-electron chi connectivity index (χ4n) is 3.95.